The highest BCUT2D eigenvalue weighted by Gasteiger charge is 2.21. The van der Waals surface area contributed by atoms with Gasteiger partial charge in [0.1, 0.15) is 0 Å². The van der Waals surface area contributed by atoms with Gasteiger partial charge in [-0.3, -0.25) is 0 Å². The van der Waals surface area contributed by atoms with Crippen LogP contribution in [0.2, 0.25) is 0 Å². The fourth-order valence-corrected chi connectivity index (χ4v) is 2.22. The number of anilines is 1. The molecule has 1 aliphatic rings. The predicted octanol–water partition coefficient (Wildman–Crippen LogP) is 2.06. The van der Waals surface area contributed by atoms with Gasteiger partial charge in [-0.25, -0.2) is 0 Å². The molecule has 3 heteroatoms. The maximum Gasteiger partial charge on any atom is 0.0514 e. The van der Waals surface area contributed by atoms with Crippen LogP contribution in [0.25, 0.3) is 0 Å². The summed E-state index contributed by atoms with van der Waals surface area (Å²) < 4.78 is 5.40. The van der Waals surface area contributed by atoms with Gasteiger partial charge in [-0.2, -0.15) is 0 Å². The normalized spacial score (nSPS) is 21.4. The molecule has 1 heterocycles. The molecule has 17 heavy (non-hydrogen) atoms. The Morgan fingerprint density at radius 2 is 2.18 bits per heavy atom. The van der Waals surface area contributed by atoms with Crippen LogP contribution in [-0.4, -0.2) is 31.0 Å². The number of nitrogens with one attached hydrogen (secondary N) is 1. The van der Waals surface area contributed by atoms with Gasteiger partial charge in [0.05, 0.1) is 6.61 Å². The lowest BCUT2D eigenvalue weighted by Crippen LogP contribution is -2.26. The van der Waals surface area contributed by atoms with Crippen LogP contribution >= 0.6 is 0 Å². The lowest BCUT2D eigenvalue weighted by atomic mass is 10.0. The molecule has 2 N–H and O–H groups in total. The fourth-order valence-electron chi connectivity index (χ4n) is 2.22. The van der Waals surface area contributed by atoms with E-state index in [2.05, 4.69) is 36.5 Å². The van der Waals surface area contributed by atoms with Crippen LogP contribution in [0.15, 0.2) is 24.3 Å². The average Bonchev–Trinajstić information content (AvgIpc) is 2.86. The molecular formula is C14H21NO2. The molecule has 1 fully saturated rings. The van der Waals surface area contributed by atoms with Crippen molar-refractivity contribution in [3.05, 3.63) is 29.8 Å². The van der Waals surface area contributed by atoms with Gasteiger partial charge in [0.2, 0.25) is 0 Å². The molecule has 0 spiro atoms. The zero-order valence-electron chi connectivity index (χ0n) is 10.4. The van der Waals surface area contributed by atoms with Crippen molar-refractivity contribution in [3.8, 4) is 0 Å². The van der Waals surface area contributed by atoms with Gasteiger partial charge in [-0.05, 0) is 37.5 Å². The molecule has 0 radical (unpaired) electrons. The molecule has 2 atom stereocenters. The molecule has 94 valence electrons. The van der Waals surface area contributed by atoms with Crippen LogP contribution in [0.1, 0.15) is 18.9 Å². The van der Waals surface area contributed by atoms with E-state index in [-0.39, 0.29) is 6.61 Å². The summed E-state index contributed by atoms with van der Waals surface area (Å²) >= 11 is 0. The Balaban J connectivity index is 1.89. The maximum atomic E-state index is 8.85. The predicted molar refractivity (Wildman–Crippen MR) is 69.2 cm³/mol. The van der Waals surface area contributed by atoms with Crippen molar-refractivity contribution in [2.45, 2.75) is 25.8 Å². The number of hydrogen-bond donors (Lipinski definition) is 2. The summed E-state index contributed by atoms with van der Waals surface area (Å²) in [6.07, 6.45) is 1.88. The molecule has 0 aromatic heterocycles. The third kappa shape index (κ3) is 3.45. The molecule has 3 nitrogen and oxygen atoms in total. The van der Waals surface area contributed by atoms with Crippen molar-refractivity contribution in [2.75, 3.05) is 25.1 Å². The van der Waals surface area contributed by atoms with Crippen LogP contribution in [0.3, 0.4) is 0 Å². The second-order valence-electron chi connectivity index (χ2n) is 4.73. The summed E-state index contributed by atoms with van der Waals surface area (Å²) in [6.45, 7) is 4.19. The summed E-state index contributed by atoms with van der Waals surface area (Å²) in [4.78, 5) is 0. The SMILES string of the molecule is CC(Nc1ccc(CCO)cc1)C1CCOC1. The quantitative estimate of drug-likeness (QED) is 0.821. The number of aliphatic hydroxyl groups excluding tert-OH is 1. The van der Waals surface area contributed by atoms with E-state index < -0.39 is 0 Å². The second kappa shape index (κ2) is 6.03. The molecule has 2 unspecified atom stereocenters. The lowest BCUT2D eigenvalue weighted by molar-refractivity contribution is 0.183. The van der Waals surface area contributed by atoms with E-state index in [1.54, 1.807) is 0 Å². The van der Waals surface area contributed by atoms with Gasteiger partial charge in [0.25, 0.3) is 0 Å². The fraction of sp³-hybridized carbons (Fsp3) is 0.571. The van der Waals surface area contributed by atoms with Crippen LogP contribution < -0.4 is 5.32 Å². The van der Waals surface area contributed by atoms with Crippen molar-refractivity contribution >= 4 is 5.69 Å². The number of rotatable bonds is 5. The Morgan fingerprint density at radius 3 is 2.76 bits per heavy atom. The van der Waals surface area contributed by atoms with Crippen molar-refractivity contribution < 1.29 is 9.84 Å². The third-order valence-corrected chi connectivity index (χ3v) is 3.42. The molecule has 1 aliphatic heterocycles. The molecular weight excluding hydrogens is 214 g/mol. The van der Waals surface area contributed by atoms with Crippen LogP contribution in [0.4, 0.5) is 5.69 Å². The average molecular weight is 235 g/mol. The van der Waals surface area contributed by atoms with E-state index in [0.29, 0.717) is 12.0 Å². The van der Waals surface area contributed by atoms with E-state index in [1.165, 1.54) is 5.56 Å². The first-order valence-corrected chi connectivity index (χ1v) is 6.33. The highest BCUT2D eigenvalue weighted by Crippen LogP contribution is 2.20. The topological polar surface area (TPSA) is 41.5 Å². The molecule has 0 aliphatic carbocycles. The molecule has 2 rings (SSSR count). The van der Waals surface area contributed by atoms with Crippen LogP contribution in [-0.2, 0) is 11.2 Å². The van der Waals surface area contributed by atoms with E-state index in [9.17, 15) is 0 Å². The van der Waals surface area contributed by atoms with Crippen molar-refractivity contribution in [3.63, 3.8) is 0 Å². The number of hydrogen-bond acceptors (Lipinski definition) is 3. The summed E-state index contributed by atoms with van der Waals surface area (Å²) in [6, 6.07) is 8.74. The molecule has 1 saturated heterocycles. The van der Waals surface area contributed by atoms with Crippen molar-refractivity contribution in [1.29, 1.82) is 0 Å². The van der Waals surface area contributed by atoms with Crippen molar-refractivity contribution in [2.24, 2.45) is 5.92 Å². The van der Waals surface area contributed by atoms with Gasteiger partial charge in [-0.1, -0.05) is 12.1 Å². The number of ether oxygens (including phenoxy) is 1. The Hall–Kier alpha value is -1.06. The third-order valence-electron chi connectivity index (χ3n) is 3.42. The number of aliphatic hydroxyl groups is 1. The minimum Gasteiger partial charge on any atom is -0.396 e. The molecule has 0 saturated carbocycles. The van der Waals surface area contributed by atoms with Gasteiger partial charge < -0.3 is 15.2 Å². The lowest BCUT2D eigenvalue weighted by Gasteiger charge is -2.20. The number of benzene rings is 1. The summed E-state index contributed by atoms with van der Waals surface area (Å²) in [5.41, 5.74) is 2.32. The molecule has 1 aromatic rings. The smallest absolute Gasteiger partial charge is 0.0514 e. The molecule has 0 amide bonds. The summed E-state index contributed by atoms with van der Waals surface area (Å²) in [5.74, 6) is 0.618. The van der Waals surface area contributed by atoms with E-state index >= 15 is 0 Å². The Kier molecular flexibility index (Phi) is 4.40. The van der Waals surface area contributed by atoms with Gasteiger partial charge in [0.15, 0.2) is 0 Å². The Bertz CT molecular complexity index is 331. The van der Waals surface area contributed by atoms with E-state index in [0.717, 1.165) is 31.7 Å². The minimum atomic E-state index is 0.211. The second-order valence-corrected chi connectivity index (χ2v) is 4.73. The van der Waals surface area contributed by atoms with Crippen LogP contribution in [0.5, 0.6) is 0 Å². The summed E-state index contributed by atoms with van der Waals surface area (Å²) in [5, 5.41) is 12.4. The first-order valence-electron chi connectivity index (χ1n) is 6.33. The standard InChI is InChI=1S/C14H21NO2/c1-11(13-7-9-17-10-13)15-14-4-2-12(3-5-14)6-8-16/h2-5,11,13,15-16H,6-10H2,1H3. The van der Waals surface area contributed by atoms with Gasteiger partial charge >= 0.3 is 0 Å². The van der Waals surface area contributed by atoms with E-state index in [4.69, 9.17) is 9.84 Å². The zero-order valence-corrected chi connectivity index (χ0v) is 10.4. The van der Waals surface area contributed by atoms with Gasteiger partial charge in [0, 0.05) is 30.9 Å². The van der Waals surface area contributed by atoms with Crippen LogP contribution in [0, 0.1) is 5.92 Å². The first-order chi connectivity index (χ1) is 8.29. The monoisotopic (exact) mass is 235 g/mol. The highest BCUT2D eigenvalue weighted by molar-refractivity contribution is 5.45. The molecule has 0 bridgehead atoms. The van der Waals surface area contributed by atoms with E-state index in [1.807, 2.05) is 0 Å². The zero-order chi connectivity index (χ0) is 12.1. The minimum absolute atomic E-state index is 0.211. The summed E-state index contributed by atoms with van der Waals surface area (Å²) in [7, 11) is 0. The first kappa shape index (κ1) is 12.4. The maximum absolute atomic E-state index is 8.85. The Labute approximate surface area is 103 Å². The Morgan fingerprint density at radius 1 is 1.41 bits per heavy atom. The van der Waals surface area contributed by atoms with Crippen molar-refractivity contribution in [1.82, 2.24) is 0 Å². The highest BCUT2D eigenvalue weighted by atomic mass is 16.5. The van der Waals surface area contributed by atoms with Gasteiger partial charge in [-0.15, -0.1) is 0 Å². The molecule has 1 aromatic carbocycles. The largest absolute Gasteiger partial charge is 0.396 e.